The van der Waals surface area contributed by atoms with Gasteiger partial charge in [-0.3, -0.25) is 0 Å². The maximum absolute atomic E-state index is 3.87. The topological polar surface area (TPSA) is 0 Å². The molecule has 0 aromatic heterocycles. The highest BCUT2D eigenvalue weighted by Gasteiger charge is 1.97. The van der Waals surface area contributed by atoms with Crippen molar-refractivity contribution in [2.24, 2.45) is 0 Å². The summed E-state index contributed by atoms with van der Waals surface area (Å²) in [4.78, 5) is 0. The van der Waals surface area contributed by atoms with Gasteiger partial charge < -0.3 is 0 Å². The lowest BCUT2D eigenvalue weighted by atomic mass is 10.0. The lowest BCUT2D eigenvalue weighted by Gasteiger charge is -2.04. The van der Waals surface area contributed by atoms with E-state index in [0.717, 1.165) is 10.9 Å². The molecule has 0 nitrogen and oxygen atoms in total. The second-order valence-corrected chi connectivity index (χ2v) is 5.05. The number of rotatable bonds is 4. The van der Waals surface area contributed by atoms with E-state index in [1.807, 2.05) is 0 Å². The van der Waals surface area contributed by atoms with Gasteiger partial charge in [0.2, 0.25) is 0 Å². The minimum Gasteiger partial charge on any atom is -0.0584 e. The fourth-order valence-corrected chi connectivity index (χ4v) is 2.31. The molecular formula is C15H16Br. The van der Waals surface area contributed by atoms with Gasteiger partial charge in [-0.05, 0) is 41.3 Å². The molecule has 0 N–H and O–H groups in total. The molecule has 0 unspecified atom stereocenters. The summed E-state index contributed by atoms with van der Waals surface area (Å²) in [5.41, 5.74) is 1.43. The van der Waals surface area contributed by atoms with Crippen LogP contribution in [0.4, 0.5) is 0 Å². The maximum atomic E-state index is 3.87. The van der Waals surface area contributed by atoms with E-state index >= 15 is 0 Å². The summed E-state index contributed by atoms with van der Waals surface area (Å²) in [5, 5.41) is 2.63. The van der Waals surface area contributed by atoms with Crippen LogP contribution in [-0.2, 0) is 6.42 Å². The van der Waals surface area contributed by atoms with E-state index in [4.69, 9.17) is 0 Å². The van der Waals surface area contributed by atoms with Gasteiger partial charge >= 0.3 is 0 Å². The molecule has 1 radical (unpaired) electrons. The summed E-state index contributed by atoms with van der Waals surface area (Å²) < 4.78 is 1.14. The summed E-state index contributed by atoms with van der Waals surface area (Å²) >= 11 is 3.50. The predicted molar refractivity (Wildman–Crippen MR) is 74.6 cm³/mol. The average Bonchev–Trinajstić information content (AvgIpc) is 2.29. The van der Waals surface area contributed by atoms with Crippen molar-refractivity contribution in [2.45, 2.75) is 25.7 Å². The van der Waals surface area contributed by atoms with Gasteiger partial charge in [0.1, 0.15) is 0 Å². The van der Waals surface area contributed by atoms with Gasteiger partial charge in [0.15, 0.2) is 0 Å². The fourth-order valence-electron chi connectivity index (χ4n) is 1.93. The van der Waals surface area contributed by atoms with Gasteiger partial charge in [0.05, 0.1) is 0 Å². The van der Waals surface area contributed by atoms with Crippen LogP contribution in [0.2, 0.25) is 0 Å². The number of fused-ring (bicyclic) bond motifs is 1. The molecule has 2 aromatic rings. The van der Waals surface area contributed by atoms with Crippen LogP contribution >= 0.6 is 15.9 Å². The van der Waals surface area contributed by atoms with Crippen LogP contribution in [0.3, 0.4) is 0 Å². The third-order valence-electron chi connectivity index (χ3n) is 2.83. The van der Waals surface area contributed by atoms with Gasteiger partial charge in [-0.2, -0.15) is 0 Å². The zero-order valence-electron chi connectivity index (χ0n) is 9.38. The molecule has 16 heavy (non-hydrogen) atoms. The molecule has 2 aromatic carbocycles. The zero-order valence-corrected chi connectivity index (χ0v) is 11.0. The van der Waals surface area contributed by atoms with Crippen LogP contribution < -0.4 is 0 Å². The minimum absolute atomic E-state index is 1.04. The van der Waals surface area contributed by atoms with E-state index in [1.165, 1.54) is 35.6 Å². The van der Waals surface area contributed by atoms with Crippen molar-refractivity contribution in [3.63, 3.8) is 0 Å². The number of benzene rings is 2. The first kappa shape index (κ1) is 11.7. The highest BCUT2D eigenvalue weighted by molar-refractivity contribution is 9.10. The van der Waals surface area contributed by atoms with E-state index in [9.17, 15) is 0 Å². The number of unbranched alkanes of at least 4 members (excludes halogenated alkanes) is 2. The smallest absolute Gasteiger partial charge is 0.0181 e. The molecule has 0 bridgehead atoms. The number of aryl methyl sites for hydroxylation is 1. The third-order valence-corrected chi connectivity index (χ3v) is 3.33. The molecule has 83 valence electrons. The normalized spacial score (nSPS) is 10.9. The van der Waals surface area contributed by atoms with Gasteiger partial charge in [0.25, 0.3) is 0 Å². The van der Waals surface area contributed by atoms with Crippen LogP contribution in [0.1, 0.15) is 24.8 Å². The van der Waals surface area contributed by atoms with Crippen LogP contribution in [0.15, 0.2) is 40.9 Å². The van der Waals surface area contributed by atoms with Gasteiger partial charge in [-0.15, -0.1) is 0 Å². The van der Waals surface area contributed by atoms with E-state index in [1.54, 1.807) is 0 Å². The molecule has 0 aliphatic rings. The first-order valence-electron chi connectivity index (χ1n) is 5.77. The Bertz CT molecular complexity index is 474. The second kappa shape index (κ2) is 5.49. The van der Waals surface area contributed by atoms with E-state index in [0.29, 0.717) is 0 Å². The first-order chi connectivity index (χ1) is 7.79. The monoisotopic (exact) mass is 275 g/mol. The lowest BCUT2D eigenvalue weighted by Crippen LogP contribution is -1.85. The molecule has 0 saturated heterocycles. The third kappa shape index (κ3) is 2.85. The Labute approximate surface area is 106 Å². The molecule has 0 saturated carbocycles. The molecule has 0 atom stereocenters. The summed E-state index contributed by atoms with van der Waals surface area (Å²) in [5.74, 6) is 0. The standard InChI is InChI=1S/C15H16Br/c1-2-3-4-5-12-6-7-14-11-15(16)9-8-13(14)10-12/h6-11H,1-5H2. The van der Waals surface area contributed by atoms with Crippen LogP contribution in [-0.4, -0.2) is 0 Å². The SMILES string of the molecule is [CH2]CCCCc1ccc2cc(Br)ccc2c1. The molecule has 2 rings (SSSR count). The van der Waals surface area contributed by atoms with Gasteiger partial charge in [0, 0.05) is 4.47 Å². The Hall–Kier alpha value is -0.820. The van der Waals surface area contributed by atoms with E-state index in [2.05, 4.69) is 59.3 Å². The zero-order chi connectivity index (χ0) is 11.4. The van der Waals surface area contributed by atoms with E-state index in [-0.39, 0.29) is 0 Å². The molecule has 0 fully saturated rings. The Kier molecular flexibility index (Phi) is 4.00. The quantitative estimate of drug-likeness (QED) is 0.677. The molecule has 0 aliphatic carbocycles. The molecular weight excluding hydrogens is 260 g/mol. The van der Waals surface area contributed by atoms with Crippen molar-refractivity contribution >= 4 is 26.7 Å². The lowest BCUT2D eigenvalue weighted by molar-refractivity contribution is 0.746. The summed E-state index contributed by atoms with van der Waals surface area (Å²) in [6.07, 6.45) is 4.67. The fraction of sp³-hybridized carbons (Fsp3) is 0.267. The highest BCUT2D eigenvalue weighted by atomic mass is 79.9. The van der Waals surface area contributed by atoms with Crippen LogP contribution in [0.25, 0.3) is 10.8 Å². The molecule has 0 aliphatic heterocycles. The Morgan fingerprint density at radius 2 is 1.69 bits per heavy atom. The van der Waals surface area contributed by atoms with Crippen molar-refractivity contribution < 1.29 is 0 Å². The number of hydrogen-bond acceptors (Lipinski definition) is 0. The van der Waals surface area contributed by atoms with Gasteiger partial charge in [-0.1, -0.05) is 60.0 Å². The minimum atomic E-state index is 1.04. The van der Waals surface area contributed by atoms with Crippen molar-refractivity contribution in [3.8, 4) is 0 Å². The average molecular weight is 276 g/mol. The van der Waals surface area contributed by atoms with Crippen LogP contribution in [0, 0.1) is 6.92 Å². The number of halogens is 1. The molecule has 0 spiro atoms. The molecule has 0 heterocycles. The summed E-state index contributed by atoms with van der Waals surface area (Å²) in [7, 11) is 0. The van der Waals surface area contributed by atoms with Crippen molar-refractivity contribution in [1.82, 2.24) is 0 Å². The van der Waals surface area contributed by atoms with Gasteiger partial charge in [-0.25, -0.2) is 0 Å². The Morgan fingerprint density at radius 3 is 2.50 bits per heavy atom. The Morgan fingerprint density at radius 1 is 0.938 bits per heavy atom. The number of hydrogen-bond donors (Lipinski definition) is 0. The highest BCUT2D eigenvalue weighted by Crippen LogP contribution is 2.21. The second-order valence-electron chi connectivity index (χ2n) is 4.14. The molecule has 0 amide bonds. The summed E-state index contributed by atoms with van der Waals surface area (Å²) in [6.45, 7) is 3.87. The van der Waals surface area contributed by atoms with Crippen molar-refractivity contribution in [3.05, 3.63) is 53.4 Å². The van der Waals surface area contributed by atoms with Crippen LogP contribution in [0.5, 0.6) is 0 Å². The Balaban J connectivity index is 2.20. The van der Waals surface area contributed by atoms with Crippen molar-refractivity contribution in [2.75, 3.05) is 0 Å². The predicted octanol–water partition coefficient (Wildman–Crippen LogP) is 5.15. The summed E-state index contributed by atoms with van der Waals surface area (Å²) in [6, 6.07) is 13.2. The van der Waals surface area contributed by atoms with Crippen molar-refractivity contribution in [1.29, 1.82) is 0 Å². The molecule has 1 heteroatoms. The largest absolute Gasteiger partial charge is 0.0584 e. The van der Waals surface area contributed by atoms with E-state index < -0.39 is 0 Å². The first-order valence-corrected chi connectivity index (χ1v) is 6.56. The maximum Gasteiger partial charge on any atom is 0.0181 e.